The molecule has 8 rings (SSSR count). The Balaban J connectivity index is 1.05. The lowest BCUT2D eigenvalue weighted by molar-refractivity contribution is -0.314. The van der Waals surface area contributed by atoms with Crippen molar-refractivity contribution in [3.05, 3.63) is 108 Å². The second-order valence-electron chi connectivity index (χ2n) is 13.3. The summed E-state index contributed by atoms with van der Waals surface area (Å²) in [4.78, 5) is 14.2. The summed E-state index contributed by atoms with van der Waals surface area (Å²) in [5.74, 6) is -1.29. The first-order valence-electron chi connectivity index (χ1n) is 17.2. The molecular weight excluding hydrogens is 676 g/mol. The molecule has 13 nitrogen and oxygen atoms in total. The fraction of sp³-hybridized carbons (Fsp3) is 0.378. The molecule has 15 heteroatoms. The van der Waals surface area contributed by atoms with E-state index in [1.165, 1.54) is 31.4 Å². The van der Waals surface area contributed by atoms with Crippen LogP contribution in [0.3, 0.4) is 0 Å². The number of nitrogens with zero attached hydrogens (tertiary/aromatic N) is 6. The number of nitrogens with one attached hydrogen (secondary N) is 1. The number of carbonyl (C=O) groups excluding carboxylic acids is 1. The second-order valence-corrected chi connectivity index (χ2v) is 13.3. The van der Waals surface area contributed by atoms with Crippen LogP contribution in [0.25, 0.3) is 22.5 Å². The molecule has 1 amide bonds. The van der Waals surface area contributed by atoms with Crippen molar-refractivity contribution in [2.24, 2.45) is 0 Å². The average Bonchev–Trinajstić information content (AvgIpc) is 3.86. The second kappa shape index (κ2) is 14.6. The summed E-state index contributed by atoms with van der Waals surface area (Å²) in [7, 11) is 1.48. The van der Waals surface area contributed by atoms with Crippen LogP contribution in [0.1, 0.15) is 43.2 Å². The maximum atomic E-state index is 14.2. The number of hydrogen-bond acceptors (Lipinski definition) is 10. The number of fused-ring (bicyclic) bond motifs is 1. The van der Waals surface area contributed by atoms with E-state index in [9.17, 15) is 18.7 Å². The van der Waals surface area contributed by atoms with Gasteiger partial charge in [0.15, 0.2) is 12.4 Å². The van der Waals surface area contributed by atoms with E-state index >= 15 is 0 Å². The zero-order valence-corrected chi connectivity index (χ0v) is 28.1. The molecule has 2 N–H and O–H groups in total. The highest BCUT2D eigenvalue weighted by atomic mass is 19.1. The first-order valence-corrected chi connectivity index (χ1v) is 17.2. The third-order valence-corrected chi connectivity index (χ3v) is 10.0. The highest BCUT2D eigenvalue weighted by Crippen LogP contribution is 2.41. The van der Waals surface area contributed by atoms with Crippen molar-refractivity contribution in [1.82, 2.24) is 35.3 Å². The topological polar surface area (TPSA) is 148 Å². The lowest BCUT2D eigenvalue weighted by Gasteiger charge is -2.48. The van der Waals surface area contributed by atoms with Gasteiger partial charge in [0.05, 0.1) is 37.2 Å². The van der Waals surface area contributed by atoms with Gasteiger partial charge in [-0.2, -0.15) is 0 Å². The molecule has 5 aromatic rings. The van der Waals surface area contributed by atoms with Gasteiger partial charge in [-0.25, -0.2) is 18.1 Å². The molecule has 3 aliphatic rings. The van der Waals surface area contributed by atoms with Crippen molar-refractivity contribution in [2.45, 2.75) is 74.2 Å². The van der Waals surface area contributed by atoms with Gasteiger partial charge in [0.2, 0.25) is 0 Å². The third kappa shape index (κ3) is 6.73. The fourth-order valence-corrected chi connectivity index (χ4v) is 7.44. The van der Waals surface area contributed by atoms with E-state index < -0.39 is 72.5 Å². The van der Waals surface area contributed by atoms with E-state index in [2.05, 4.69) is 25.9 Å². The number of methoxy groups -OCH3 is 1. The maximum absolute atomic E-state index is 14.2. The van der Waals surface area contributed by atoms with Crippen LogP contribution in [0.5, 0.6) is 0 Å². The van der Waals surface area contributed by atoms with E-state index in [0.717, 1.165) is 5.56 Å². The molecule has 1 unspecified atom stereocenters. The smallest absolute Gasteiger partial charge is 0.252 e. The summed E-state index contributed by atoms with van der Waals surface area (Å²) in [6.07, 6.45) is -0.0264. The Kier molecular flexibility index (Phi) is 9.59. The first-order chi connectivity index (χ1) is 25.4. The normalized spacial score (nSPS) is 29.0. The van der Waals surface area contributed by atoms with Crippen molar-refractivity contribution in [2.75, 3.05) is 13.7 Å². The van der Waals surface area contributed by atoms with Gasteiger partial charge in [-0.05, 0) is 43.5 Å². The molecular formula is C37H37F2N7O6. The molecule has 1 saturated carbocycles. The molecule has 2 aromatic heterocycles. The number of ether oxygens (including phenoxy) is 4. The number of halogens is 2. The fourth-order valence-electron chi connectivity index (χ4n) is 7.44. The summed E-state index contributed by atoms with van der Waals surface area (Å²) < 4.78 is 56.1. The number of hydrogen-bond donors (Lipinski definition) is 2. The SMILES string of the molecule is CO[C@@H]1[C@@H](n2cc(-c3cccc(F)c3)nn2)[C@H]2OC(c3ccccc3)OC[C@H]2O[C@H]1C(=O)N[C@H]1CCC[C@@H](n2cc(-c3cccc(F)c3)nn2)[C@@H]1O. The van der Waals surface area contributed by atoms with Gasteiger partial charge >= 0.3 is 0 Å². The van der Waals surface area contributed by atoms with Crippen LogP contribution in [0.2, 0.25) is 0 Å². The summed E-state index contributed by atoms with van der Waals surface area (Å²) >= 11 is 0. The minimum absolute atomic E-state index is 0.112. The molecule has 2 aliphatic heterocycles. The number of aliphatic hydroxyl groups excluding tert-OH is 1. The predicted octanol–water partition coefficient (Wildman–Crippen LogP) is 4.19. The zero-order valence-electron chi connectivity index (χ0n) is 28.1. The zero-order chi connectivity index (χ0) is 35.8. The Morgan fingerprint density at radius 3 is 2.23 bits per heavy atom. The summed E-state index contributed by atoms with van der Waals surface area (Å²) in [5, 5.41) is 31.7. The van der Waals surface area contributed by atoms with Crippen LogP contribution in [0, 0.1) is 11.6 Å². The molecule has 0 spiro atoms. The monoisotopic (exact) mass is 713 g/mol. The predicted molar refractivity (Wildman–Crippen MR) is 180 cm³/mol. The maximum Gasteiger partial charge on any atom is 0.252 e. The van der Waals surface area contributed by atoms with Crippen molar-refractivity contribution < 1.29 is 37.6 Å². The Bertz CT molecular complexity index is 2010. The van der Waals surface area contributed by atoms with Gasteiger partial charge in [-0.15, -0.1) is 10.2 Å². The van der Waals surface area contributed by atoms with Gasteiger partial charge in [-0.1, -0.05) is 65.0 Å². The first kappa shape index (κ1) is 34.2. The number of aromatic nitrogens is 6. The summed E-state index contributed by atoms with van der Waals surface area (Å²) in [6, 6.07) is 19.7. The number of benzene rings is 3. The van der Waals surface area contributed by atoms with Crippen molar-refractivity contribution in [1.29, 1.82) is 0 Å². The molecule has 0 bridgehead atoms. The van der Waals surface area contributed by atoms with Gasteiger partial charge in [0.1, 0.15) is 47.4 Å². The molecule has 1 aliphatic carbocycles. The van der Waals surface area contributed by atoms with E-state index in [0.29, 0.717) is 41.8 Å². The van der Waals surface area contributed by atoms with E-state index in [1.807, 2.05) is 30.3 Å². The largest absolute Gasteiger partial charge is 0.389 e. The Morgan fingerprint density at radius 1 is 0.885 bits per heavy atom. The van der Waals surface area contributed by atoms with Gasteiger partial charge < -0.3 is 29.4 Å². The molecule has 3 aromatic carbocycles. The summed E-state index contributed by atoms with van der Waals surface area (Å²) in [6.45, 7) is 0.112. The van der Waals surface area contributed by atoms with Crippen molar-refractivity contribution in [3.63, 3.8) is 0 Å². The van der Waals surface area contributed by atoms with E-state index in [4.69, 9.17) is 18.9 Å². The Labute approximate surface area is 297 Å². The quantitative estimate of drug-likeness (QED) is 0.240. The summed E-state index contributed by atoms with van der Waals surface area (Å²) in [5.41, 5.74) is 2.80. The van der Waals surface area contributed by atoms with E-state index in [1.54, 1.807) is 46.0 Å². The highest BCUT2D eigenvalue weighted by molar-refractivity contribution is 5.82. The van der Waals surface area contributed by atoms with Crippen LogP contribution in [-0.2, 0) is 23.7 Å². The number of rotatable bonds is 8. The van der Waals surface area contributed by atoms with Crippen LogP contribution < -0.4 is 5.32 Å². The van der Waals surface area contributed by atoms with Crippen LogP contribution in [0.15, 0.2) is 91.3 Å². The minimum Gasteiger partial charge on any atom is -0.389 e. The lowest BCUT2D eigenvalue weighted by atomic mass is 9.87. The molecule has 3 fully saturated rings. The standard InChI is InChI=1S/C37H37F2N7O6/c1-49-34-31(46-19-28(42-44-46)23-11-6-13-25(39)17-23)33-30(20-50-37(52-33)21-8-3-2-4-9-21)51-35(34)36(48)40-26-14-7-15-29(32(26)47)45-18-27(41-43-45)22-10-5-12-24(38)16-22/h2-6,8-13,16-19,26,29-35,37,47H,7,14-15,20H2,1H3,(H,40,48)/t26-,29+,30+,31-,32+,33-,34+,35+,37?/m0/s1. The Morgan fingerprint density at radius 2 is 1.56 bits per heavy atom. The molecule has 0 radical (unpaired) electrons. The molecule has 9 atom stereocenters. The molecule has 2 saturated heterocycles. The number of carbonyl (C=O) groups is 1. The molecule has 4 heterocycles. The van der Waals surface area contributed by atoms with E-state index in [-0.39, 0.29) is 6.61 Å². The average molecular weight is 714 g/mol. The molecule has 52 heavy (non-hydrogen) atoms. The van der Waals surface area contributed by atoms with Crippen LogP contribution in [0.4, 0.5) is 8.78 Å². The minimum atomic E-state index is -1.16. The van der Waals surface area contributed by atoms with Crippen molar-refractivity contribution >= 4 is 5.91 Å². The number of amides is 1. The molecule has 270 valence electrons. The van der Waals surface area contributed by atoms with Gasteiger partial charge in [0, 0.05) is 23.8 Å². The number of aliphatic hydroxyl groups is 1. The third-order valence-electron chi connectivity index (χ3n) is 10.0. The van der Waals surface area contributed by atoms with Gasteiger partial charge in [-0.3, -0.25) is 4.79 Å². The van der Waals surface area contributed by atoms with Crippen LogP contribution >= 0.6 is 0 Å². The lowest BCUT2D eigenvalue weighted by Crippen LogP contribution is -2.64. The Hall–Kier alpha value is -4.93. The van der Waals surface area contributed by atoms with Crippen LogP contribution in [-0.4, -0.2) is 91.3 Å². The van der Waals surface area contributed by atoms with Gasteiger partial charge in [0.25, 0.3) is 5.91 Å². The highest BCUT2D eigenvalue weighted by Gasteiger charge is 2.54. The van der Waals surface area contributed by atoms with Crippen molar-refractivity contribution in [3.8, 4) is 22.5 Å².